The van der Waals surface area contributed by atoms with Gasteiger partial charge in [-0.3, -0.25) is 0 Å². The zero-order chi connectivity index (χ0) is 0. The van der Waals surface area contributed by atoms with Crippen molar-refractivity contribution in [3.05, 3.63) is 0 Å². The van der Waals surface area contributed by atoms with E-state index in [1.807, 2.05) is 0 Å². The van der Waals surface area contributed by atoms with Crippen LogP contribution in [0.3, 0.4) is 0 Å². The molecular formula is Pt3Zr5. The Morgan fingerprint density at radius 2 is 0.250 bits per heavy atom. The first-order valence-electron chi connectivity index (χ1n) is 0. The van der Waals surface area contributed by atoms with Crippen LogP contribution in [0.1, 0.15) is 0 Å². The molecule has 0 nitrogen and oxygen atoms in total. The molecule has 0 atom stereocenters. The monoisotopic (exact) mass is 1030 g/mol. The molecular weight excluding hydrogens is 1040 g/mol. The quantitative estimate of drug-likeness (QED) is 0.321. The van der Waals surface area contributed by atoms with Gasteiger partial charge in [0.2, 0.25) is 0 Å². The van der Waals surface area contributed by atoms with E-state index in [1.54, 1.807) is 0 Å². The van der Waals surface area contributed by atoms with Crippen LogP contribution in [-0.2, 0) is 194 Å². The van der Waals surface area contributed by atoms with E-state index in [2.05, 4.69) is 0 Å². The van der Waals surface area contributed by atoms with Crippen LogP contribution in [0.4, 0.5) is 0 Å². The average molecular weight is 1040 g/mol. The van der Waals surface area contributed by atoms with Crippen LogP contribution in [0.15, 0.2) is 0 Å². The zero-order valence-electron chi connectivity index (χ0n) is 3.45. The van der Waals surface area contributed by atoms with Crippen molar-refractivity contribution in [1.82, 2.24) is 0 Å². The molecule has 8 heavy (non-hydrogen) atoms. The summed E-state index contributed by atoms with van der Waals surface area (Å²) in [7, 11) is 0. The van der Waals surface area contributed by atoms with Gasteiger partial charge in [0.25, 0.3) is 0 Å². The van der Waals surface area contributed by atoms with Crippen molar-refractivity contribution in [2.75, 3.05) is 0 Å². The Morgan fingerprint density at radius 3 is 0.250 bits per heavy atom. The molecule has 0 saturated heterocycles. The topological polar surface area (TPSA) is 0 Å². The third kappa shape index (κ3) is 39.2. The standard InChI is InChI=1S/3Pt.5Zr. The SMILES string of the molecule is [Pt].[Pt].[Pt].[Zr].[Zr].[Zr].[Zr].[Zr]. The van der Waals surface area contributed by atoms with Crippen molar-refractivity contribution in [3.63, 3.8) is 0 Å². The van der Waals surface area contributed by atoms with Crippen molar-refractivity contribution in [2.24, 2.45) is 0 Å². The van der Waals surface area contributed by atoms with E-state index in [0.717, 1.165) is 0 Å². The minimum atomic E-state index is 0. The van der Waals surface area contributed by atoms with Crippen molar-refractivity contribution >= 4 is 0 Å². The minimum Gasteiger partial charge on any atom is 0 e. The van der Waals surface area contributed by atoms with Crippen LogP contribution in [0.25, 0.3) is 0 Å². The van der Waals surface area contributed by atoms with Crippen molar-refractivity contribution in [1.29, 1.82) is 0 Å². The smallest absolute Gasteiger partial charge is 0 e. The van der Waals surface area contributed by atoms with Crippen molar-refractivity contribution in [2.45, 2.75) is 0 Å². The van der Waals surface area contributed by atoms with Crippen LogP contribution in [0, 0.1) is 0 Å². The van der Waals surface area contributed by atoms with Gasteiger partial charge in [0.05, 0.1) is 0 Å². The van der Waals surface area contributed by atoms with Gasteiger partial charge in [-0.25, -0.2) is 0 Å². The molecule has 0 aliphatic heterocycles. The molecule has 0 rings (SSSR count). The van der Waals surface area contributed by atoms with E-state index in [1.165, 1.54) is 0 Å². The van der Waals surface area contributed by atoms with E-state index < -0.39 is 0 Å². The predicted octanol–water partition coefficient (Wildman–Crippen LogP) is -0.0200. The zero-order valence-corrected chi connectivity index (χ0v) is 22.6. The summed E-state index contributed by atoms with van der Waals surface area (Å²) in [6.45, 7) is 0. The number of rotatable bonds is 0. The Balaban J connectivity index is 0. The molecule has 0 aliphatic carbocycles. The summed E-state index contributed by atoms with van der Waals surface area (Å²) in [6.07, 6.45) is 0. The molecule has 0 bridgehead atoms. The fourth-order valence-corrected chi connectivity index (χ4v) is 0. The van der Waals surface area contributed by atoms with Gasteiger partial charge in [0.1, 0.15) is 0 Å². The first-order valence-corrected chi connectivity index (χ1v) is 0. The maximum Gasteiger partial charge on any atom is 0 e. The fourth-order valence-electron chi connectivity index (χ4n) is 0. The fraction of sp³-hybridized carbons (Fsp3) is 0. The average Bonchev–Trinajstić information content (AvgIpc) is 0. The number of hydrogen-bond donors (Lipinski definition) is 0. The molecule has 0 spiro atoms. The minimum absolute atomic E-state index is 0. The van der Waals surface area contributed by atoms with Crippen LogP contribution in [0.5, 0.6) is 0 Å². The molecule has 50 valence electrons. The second kappa shape index (κ2) is 50.0. The van der Waals surface area contributed by atoms with E-state index in [9.17, 15) is 0 Å². The first-order chi connectivity index (χ1) is 0. The summed E-state index contributed by atoms with van der Waals surface area (Å²) in [4.78, 5) is 0. The number of hydrogen-bond acceptors (Lipinski definition) is 0. The third-order valence-corrected chi connectivity index (χ3v) is 0. The molecule has 8 heteroatoms. The summed E-state index contributed by atoms with van der Waals surface area (Å²) in [5.41, 5.74) is 0. The Bertz CT molecular complexity index is 7.64. The molecule has 0 saturated carbocycles. The van der Waals surface area contributed by atoms with Gasteiger partial charge < -0.3 is 0 Å². The summed E-state index contributed by atoms with van der Waals surface area (Å²) in [5.74, 6) is 0. The molecule has 0 heterocycles. The second-order valence-corrected chi connectivity index (χ2v) is 0. The van der Waals surface area contributed by atoms with Gasteiger partial charge in [-0.05, 0) is 0 Å². The van der Waals surface area contributed by atoms with Crippen LogP contribution >= 0.6 is 0 Å². The molecule has 0 N–H and O–H groups in total. The third-order valence-electron chi connectivity index (χ3n) is 0. The Hall–Kier alpha value is 6.48. The maximum atomic E-state index is 0. The van der Waals surface area contributed by atoms with E-state index in [4.69, 9.17) is 0 Å². The van der Waals surface area contributed by atoms with Gasteiger partial charge in [-0.2, -0.15) is 0 Å². The Kier molecular flexibility index (Phi) is 392. The van der Waals surface area contributed by atoms with Gasteiger partial charge in [0, 0.05) is 194 Å². The van der Waals surface area contributed by atoms with Gasteiger partial charge in [-0.15, -0.1) is 0 Å². The van der Waals surface area contributed by atoms with Crippen molar-refractivity contribution < 1.29 is 194 Å². The summed E-state index contributed by atoms with van der Waals surface area (Å²) >= 11 is 0. The van der Waals surface area contributed by atoms with Crippen LogP contribution in [-0.4, -0.2) is 0 Å². The molecule has 0 fully saturated rings. The van der Waals surface area contributed by atoms with Crippen LogP contribution < -0.4 is 0 Å². The van der Waals surface area contributed by atoms with E-state index in [0.29, 0.717) is 0 Å². The molecule has 0 aromatic rings. The normalized spacial score (nSPS) is 0. The van der Waals surface area contributed by atoms with Gasteiger partial charge in [-0.1, -0.05) is 0 Å². The summed E-state index contributed by atoms with van der Waals surface area (Å²) < 4.78 is 0. The van der Waals surface area contributed by atoms with E-state index >= 15 is 0 Å². The van der Waals surface area contributed by atoms with Gasteiger partial charge in [0.15, 0.2) is 0 Å². The van der Waals surface area contributed by atoms with Crippen molar-refractivity contribution in [3.8, 4) is 0 Å². The predicted molar refractivity (Wildman–Crippen MR) is 0 cm³/mol. The van der Waals surface area contributed by atoms with Gasteiger partial charge >= 0.3 is 0 Å². The first kappa shape index (κ1) is 62.7. The molecule has 0 unspecified atom stereocenters. The maximum absolute atomic E-state index is 0. The molecule has 0 aromatic heterocycles. The summed E-state index contributed by atoms with van der Waals surface area (Å²) in [6, 6.07) is 0. The van der Waals surface area contributed by atoms with Crippen LogP contribution in [0.2, 0.25) is 0 Å². The molecule has 0 aliphatic rings. The Labute approximate surface area is 189 Å². The molecule has 0 radical (unpaired) electrons. The molecule has 0 aromatic carbocycles. The van der Waals surface area contributed by atoms with E-state index in [-0.39, 0.29) is 194 Å². The Morgan fingerprint density at radius 1 is 0.250 bits per heavy atom. The largest absolute Gasteiger partial charge is 0 e. The summed E-state index contributed by atoms with van der Waals surface area (Å²) in [5, 5.41) is 0. The second-order valence-electron chi connectivity index (χ2n) is 0. The molecule has 0 amide bonds.